The van der Waals surface area contributed by atoms with Crippen LogP contribution in [0, 0.1) is 5.92 Å². The van der Waals surface area contributed by atoms with Gasteiger partial charge in [0.05, 0.1) is 12.9 Å². The maximum absolute atomic E-state index is 9.78. The van der Waals surface area contributed by atoms with Crippen LogP contribution in [0.25, 0.3) is 11.1 Å². The molecule has 3 N–H and O–H groups in total. The Kier molecular flexibility index (Phi) is 4.38. The molecule has 26 heavy (non-hydrogen) atoms. The van der Waals surface area contributed by atoms with Crippen molar-refractivity contribution < 1.29 is 23.7 Å². The number of aliphatic hydroxyl groups is 1. The van der Waals surface area contributed by atoms with E-state index in [9.17, 15) is 5.11 Å². The molecular weight excluding hydrogens is 338 g/mol. The van der Waals surface area contributed by atoms with E-state index in [1.54, 1.807) is 6.26 Å². The van der Waals surface area contributed by atoms with Gasteiger partial charge in [0.1, 0.15) is 35.8 Å². The average Bonchev–Trinajstić information content (AvgIpc) is 3.23. The standard InChI is InChI=1S/C18H25N3O5/c1-9(2)4-5-12-25-16-11(6-22)24-15(18(16,3)26-12)10-7-23-14-13(10)20-8-21-17(14)19/h7-9,11-12,15-16,22H,4-6H2,1-3H3,(H2,19,20,21)/t11-,12?,15+,16-,18+/m1/s1. The van der Waals surface area contributed by atoms with Gasteiger partial charge in [-0.3, -0.25) is 0 Å². The van der Waals surface area contributed by atoms with Gasteiger partial charge in [-0.1, -0.05) is 13.8 Å². The summed E-state index contributed by atoms with van der Waals surface area (Å²) in [5.74, 6) is 0.840. The number of aromatic nitrogens is 2. The van der Waals surface area contributed by atoms with Gasteiger partial charge in [-0.2, -0.15) is 0 Å². The van der Waals surface area contributed by atoms with Crippen LogP contribution in [0.4, 0.5) is 5.82 Å². The van der Waals surface area contributed by atoms with Crippen molar-refractivity contribution in [2.24, 2.45) is 5.92 Å². The second-order valence-electron chi connectivity index (χ2n) is 7.62. The molecule has 2 aromatic rings. The minimum absolute atomic E-state index is 0.149. The SMILES string of the molecule is CC(C)CCC1O[C@@H]2[C@@H](CO)O[C@@H](c3coc4c(N)ncnc34)[C@]2(C)O1. The fourth-order valence-corrected chi connectivity index (χ4v) is 3.92. The van der Waals surface area contributed by atoms with E-state index >= 15 is 0 Å². The number of nitrogen functional groups attached to an aromatic ring is 1. The first-order valence-electron chi connectivity index (χ1n) is 9.01. The first-order valence-corrected chi connectivity index (χ1v) is 9.01. The maximum Gasteiger partial charge on any atom is 0.194 e. The maximum atomic E-state index is 9.78. The lowest BCUT2D eigenvalue weighted by Gasteiger charge is -2.27. The van der Waals surface area contributed by atoms with E-state index in [2.05, 4.69) is 23.8 Å². The van der Waals surface area contributed by atoms with Gasteiger partial charge >= 0.3 is 0 Å². The smallest absolute Gasteiger partial charge is 0.194 e. The van der Waals surface area contributed by atoms with Crippen molar-refractivity contribution in [1.29, 1.82) is 0 Å². The predicted octanol–water partition coefficient (Wildman–Crippen LogP) is 2.17. The Labute approximate surface area is 151 Å². The van der Waals surface area contributed by atoms with Crippen molar-refractivity contribution in [1.82, 2.24) is 9.97 Å². The molecule has 2 aliphatic rings. The second-order valence-corrected chi connectivity index (χ2v) is 7.62. The van der Waals surface area contributed by atoms with Gasteiger partial charge < -0.3 is 29.5 Å². The van der Waals surface area contributed by atoms with E-state index < -0.39 is 17.8 Å². The van der Waals surface area contributed by atoms with Crippen molar-refractivity contribution in [2.45, 2.75) is 63.8 Å². The van der Waals surface area contributed by atoms with Gasteiger partial charge in [-0.05, 0) is 25.7 Å². The molecule has 8 nitrogen and oxygen atoms in total. The summed E-state index contributed by atoms with van der Waals surface area (Å²) in [6.45, 7) is 6.14. The van der Waals surface area contributed by atoms with E-state index in [0.29, 0.717) is 17.0 Å². The Bertz CT molecular complexity index is 794. The third-order valence-corrected chi connectivity index (χ3v) is 5.27. The molecule has 1 unspecified atom stereocenters. The number of rotatable bonds is 5. The van der Waals surface area contributed by atoms with Crippen LogP contribution in [0.1, 0.15) is 45.3 Å². The minimum atomic E-state index is -0.744. The largest absolute Gasteiger partial charge is 0.458 e. The van der Waals surface area contributed by atoms with Gasteiger partial charge in [-0.15, -0.1) is 0 Å². The molecule has 142 valence electrons. The highest BCUT2D eigenvalue weighted by atomic mass is 16.8. The van der Waals surface area contributed by atoms with Gasteiger partial charge in [0.15, 0.2) is 17.7 Å². The Morgan fingerprint density at radius 1 is 1.31 bits per heavy atom. The summed E-state index contributed by atoms with van der Waals surface area (Å²) in [6.07, 6.45) is 3.14. The number of fused-ring (bicyclic) bond motifs is 2. The zero-order valence-electron chi connectivity index (χ0n) is 15.2. The van der Waals surface area contributed by atoms with Gasteiger partial charge in [-0.25, -0.2) is 9.97 Å². The van der Waals surface area contributed by atoms with Crippen molar-refractivity contribution in [3.05, 3.63) is 18.2 Å². The number of ether oxygens (including phenoxy) is 3. The normalized spacial score (nSPS) is 34.0. The summed E-state index contributed by atoms with van der Waals surface area (Å²) in [7, 11) is 0. The quantitative estimate of drug-likeness (QED) is 0.831. The van der Waals surface area contributed by atoms with Crippen LogP contribution >= 0.6 is 0 Å². The molecular formula is C18H25N3O5. The minimum Gasteiger partial charge on any atom is -0.458 e. The lowest BCUT2D eigenvalue weighted by Crippen LogP contribution is -2.40. The Morgan fingerprint density at radius 2 is 2.12 bits per heavy atom. The lowest BCUT2D eigenvalue weighted by molar-refractivity contribution is -0.157. The number of furan rings is 1. The van der Waals surface area contributed by atoms with E-state index in [1.165, 1.54) is 6.33 Å². The molecule has 2 saturated heterocycles. The number of anilines is 1. The molecule has 0 radical (unpaired) electrons. The number of nitrogens with zero attached hydrogens (tertiary/aromatic N) is 2. The summed E-state index contributed by atoms with van der Waals surface area (Å²) in [6, 6.07) is 0. The molecule has 2 aliphatic heterocycles. The van der Waals surface area contributed by atoms with Crippen LogP contribution in [-0.4, -0.2) is 45.8 Å². The number of aliphatic hydroxyl groups excluding tert-OH is 1. The van der Waals surface area contributed by atoms with Crippen LogP contribution in [0.5, 0.6) is 0 Å². The summed E-state index contributed by atoms with van der Waals surface area (Å²) < 4.78 is 24.1. The van der Waals surface area contributed by atoms with Gasteiger partial charge in [0.2, 0.25) is 0 Å². The summed E-state index contributed by atoms with van der Waals surface area (Å²) in [5.41, 5.74) is 6.87. The second kappa shape index (κ2) is 6.45. The highest BCUT2D eigenvalue weighted by Crippen LogP contribution is 2.52. The molecule has 0 aliphatic carbocycles. The van der Waals surface area contributed by atoms with Crippen LogP contribution in [0.15, 0.2) is 17.0 Å². The van der Waals surface area contributed by atoms with E-state index in [1.807, 2.05) is 6.92 Å². The monoisotopic (exact) mass is 363 g/mol. The molecule has 4 heterocycles. The molecule has 0 spiro atoms. The lowest BCUT2D eigenvalue weighted by atomic mass is 9.89. The molecule has 2 fully saturated rings. The van der Waals surface area contributed by atoms with Crippen LogP contribution in [0.3, 0.4) is 0 Å². The van der Waals surface area contributed by atoms with Crippen LogP contribution in [-0.2, 0) is 14.2 Å². The molecule has 5 atom stereocenters. The average molecular weight is 363 g/mol. The van der Waals surface area contributed by atoms with Gasteiger partial charge in [0, 0.05) is 5.56 Å². The fourth-order valence-electron chi connectivity index (χ4n) is 3.92. The van der Waals surface area contributed by atoms with Crippen LogP contribution in [0.2, 0.25) is 0 Å². The highest BCUT2D eigenvalue weighted by molar-refractivity contribution is 5.85. The number of nitrogens with two attached hydrogens (primary N) is 1. The molecule has 0 saturated carbocycles. The number of hydrogen-bond donors (Lipinski definition) is 2. The Hall–Kier alpha value is -1.74. The summed E-state index contributed by atoms with van der Waals surface area (Å²) in [4.78, 5) is 8.25. The molecule has 8 heteroatoms. The zero-order valence-corrected chi connectivity index (χ0v) is 15.2. The third-order valence-electron chi connectivity index (χ3n) is 5.27. The highest BCUT2D eigenvalue weighted by Gasteiger charge is 2.62. The summed E-state index contributed by atoms with van der Waals surface area (Å²) in [5, 5.41) is 9.78. The molecule has 0 aromatic carbocycles. The van der Waals surface area contributed by atoms with E-state index in [4.69, 9.17) is 24.4 Å². The van der Waals surface area contributed by atoms with Crippen molar-refractivity contribution in [3.63, 3.8) is 0 Å². The zero-order chi connectivity index (χ0) is 18.5. The topological polar surface area (TPSA) is 113 Å². The molecule has 0 bridgehead atoms. The fraction of sp³-hybridized carbons (Fsp3) is 0.667. The molecule has 4 rings (SSSR count). The van der Waals surface area contributed by atoms with Crippen LogP contribution < -0.4 is 5.73 Å². The summed E-state index contributed by atoms with van der Waals surface area (Å²) >= 11 is 0. The van der Waals surface area contributed by atoms with E-state index in [0.717, 1.165) is 18.4 Å². The van der Waals surface area contributed by atoms with Crippen molar-refractivity contribution in [3.8, 4) is 0 Å². The molecule has 0 amide bonds. The van der Waals surface area contributed by atoms with Crippen molar-refractivity contribution >= 4 is 16.9 Å². The Morgan fingerprint density at radius 3 is 2.85 bits per heavy atom. The first kappa shape index (κ1) is 17.7. The third kappa shape index (κ3) is 2.68. The van der Waals surface area contributed by atoms with Crippen molar-refractivity contribution in [2.75, 3.05) is 12.3 Å². The predicted molar refractivity (Wildman–Crippen MR) is 93.1 cm³/mol. The molecule has 2 aromatic heterocycles. The Balaban J connectivity index is 1.67. The van der Waals surface area contributed by atoms with Gasteiger partial charge in [0.25, 0.3) is 0 Å². The first-order chi connectivity index (χ1) is 12.4. The van der Waals surface area contributed by atoms with E-state index in [-0.39, 0.29) is 24.8 Å². The number of hydrogen-bond acceptors (Lipinski definition) is 8.